The minimum Gasteiger partial charge on any atom is -0.460 e. The molecule has 1 N–H and O–H groups in total. The maximum absolute atomic E-state index is 5.86. The van der Waals surface area contributed by atoms with Crippen LogP contribution in [0.1, 0.15) is 30.8 Å². The summed E-state index contributed by atoms with van der Waals surface area (Å²) in [5, 5.41) is 13.3. The summed E-state index contributed by atoms with van der Waals surface area (Å²) in [6, 6.07) is 10.7. The first-order valence-electron chi connectivity index (χ1n) is 7.95. The molecule has 0 spiro atoms. The molecule has 4 rings (SSSR count). The number of aromatic nitrogens is 3. The highest BCUT2D eigenvalue weighted by Crippen LogP contribution is 2.20. The molecular formula is C17H20N4O. The summed E-state index contributed by atoms with van der Waals surface area (Å²) in [5.74, 6) is 3.20. The van der Waals surface area contributed by atoms with Crippen LogP contribution in [-0.2, 0) is 25.9 Å². The molecule has 1 aliphatic rings. The van der Waals surface area contributed by atoms with Crippen LogP contribution in [0.3, 0.4) is 0 Å². The van der Waals surface area contributed by atoms with E-state index >= 15 is 0 Å². The number of rotatable bonds is 4. The Labute approximate surface area is 129 Å². The molecule has 0 bridgehead atoms. The van der Waals surface area contributed by atoms with Crippen LogP contribution in [0.5, 0.6) is 0 Å². The lowest BCUT2D eigenvalue weighted by atomic mass is 10.1. The molecule has 0 amide bonds. The van der Waals surface area contributed by atoms with E-state index in [1.807, 2.05) is 18.2 Å². The molecule has 0 aliphatic carbocycles. The molecule has 2 aromatic heterocycles. The second-order valence-corrected chi connectivity index (χ2v) is 5.86. The Hall–Kier alpha value is -2.14. The summed E-state index contributed by atoms with van der Waals surface area (Å²) in [6.45, 7) is 3.84. The Morgan fingerprint density at radius 3 is 3.09 bits per heavy atom. The van der Waals surface area contributed by atoms with Crippen molar-refractivity contribution in [1.29, 1.82) is 0 Å². The van der Waals surface area contributed by atoms with Gasteiger partial charge in [0, 0.05) is 30.8 Å². The van der Waals surface area contributed by atoms with Gasteiger partial charge in [0.25, 0.3) is 0 Å². The highest BCUT2D eigenvalue weighted by Gasteiger charge is 2.22. The van der Waals surface area contributed by atoms with Crippen molar-refractivity contribution in [3.05, 3.63) is 47.7 Å². The van der Waals surface area contributed by atoms with Crippen molar-refractivity contribution >= 4 is 11.0 Å². The summed E-state index contributed by atoms with van der Waals surface area (Å²) < 4.78 is 8.13. The zero-order valence-corrected chi connectivity index (χ0v) is 12.7. The van der Waals surface area contributed by atoms with E-state index in [1.165, 1.54) is 0 Å². The number of furan rings is 1. The van der Waals surface area contributed by atoms with Crippen LogP contribution in [0.15, 0.2) is 34.7 Å². The van der Waals surface area contributed by atoms with Crippen LogP contribution in [0.25, 0.3) is 11.0 Å². The fourth-order valence-corrected chi connectivity index (χ4v) is 3.18. The third-order valence-electron chi connectivity index (χ3n) is 4.38. The molecule has 1 atom stereocenters. The Balaban J connectivity index is 1.44. The SMILES string of the molecule is CCc1nnc2n1CC(NCc1cc3ccccc3o1)CC2. The minimum absolute atomic E-state index is 0.446. The van der Waals surface area contributed by atoms with Crippen LogP contribution in [-0.4, -0.2) is 20.8 Å². The lowest BCUT2D eigenvalue weighted by molar-refractivity contribution is 0.360. The summed E-state index contributed by atoms with van der Waals surface area (Å²) >= 11 is 0. The topological polar surface area (TPSA) is 55.9 Å². The number of fused-ring (bicyclic) bond motifs is 2. The second-order valence-electron chi connectivity index (χ2n) is 5.86. The largest absolute Gasteiger partial charge is 0.460 e. The van der Waals surface area contributed by atoms with Gasteiger partial charge >= 0.3 is 0 Å². The van der Waals surface area contributed by atoms with E-state index in [2.05, 4.69) is 39.1 Å². The van der Waals surface area contributed by atoms with Crippen molar-refractivity contribution in [2.24, 2.45) is 0 Å². The molecule has 0 saturated carbocycles. The summed E-state index contributed by atoms with van der Waals surface area (Å²) in [4.78, 5) is 0. The maximum atomic E-state index is 5.86. The Kier molecular flexibility index (Phi) is 3.42. The predicted octanol–water partition coefficient (Wildman–Crippen LogP) is 2.69. The number of nitrogens with one attached hydrogen (secondary N) is 1. The van der Waals surface area contributed by atoms with Gasteiger partial charge < -0.3 is 14.3 Å². The normalized spacial score (nSPS) is 17.8. The van der Waals surface area contributed by atoms with Crippen LogP contribution in [0.4, 0.5) is 0 Å². The predicted molar refractivity (Wildman–Crippen MR) is 84.6 cm³/mol. The van der Waals surface area contributed by atoms with Gasteiger partial charge in [0.1, 0.15) is 23.0 Å². The summed E-state index contributed by atoms with van der Waals surface area (Å²) in [7, 11) is 0. The second kappa shape index (κ2) is 5.57. The molecule has 5 heteroatoms. The van der Waals surface area contributed by atoms with Crippen LogP contribution >= 0.6 is 0 Å². The van der Waals surface area contributed by atoms with E-state index < -0.39 is 0 Å². The van der Waals surface area contributed by atoms with E-state index in [1.54, 1.807) is 0 Å². The van der Waals surface area contributed by atoms with E-state index in [0.29, 0.717) is 6.04 Å². The van der Waals surface area contributed by atoms with Gasteiger partial charge in [-0.1, -0.05) is 25.1 Å². The molecule has 1 aliphatic heterocycles. The Bertz CT molecular complexity index is 742. The molecule has 1 unspecified atom stereocenters. The molecule has 22 heavy (non-hydrogen) atoms. The van der Waals surface area contributed by atoms with Crippen molar-refractivity contribution in [1.82, 2.24) is 20.1 Å². The van der Waals surface area contributed by atoms with Gasteiger partial charge in [-0.05, 0) is 18.6 Å². The number of para-hydroxylation sites is 1. The highest BCUT2D eigenvalue weighted by molar-refractivity contribution is 5.77. The average Bonchev–Trinajstić information content (AvgIpc) is 3.15. The number of benzene rings is 1. The quantitative estimate of drug-likeness (QED) is 0.804. The van der Waals surface area contributed by atoms with Gasteiger partial charge in [-0.3, -0.25) is 0 Å². The summed E-state index contributed by atoms with van der Waals surface area (Å²) in [6.07, 6.45) is 3.02. The standard InChI is InChI=1S/C17H20N4O/c1-2-16-19-20-17-8-7-13(11-21(16)17)18-10-14-9-12-5-3-4-6-15(12)22-14/h3-6,9,13,18H,2,7-8,10-11H2,1H3. The van der Waals surface area contributed by atoms with E-state index in [0.717, 1.165) is 60.7 Å². The van der Waals surface area contributed by atoms with Gasteiger partial charge in [0.15, 0.2) is 0 Å². The zero-order chi connectivity index (χ0) is 14.9. The van der Waals surface area contributed by atoms with Gasteiger partial charge in [0.05, 0.1) is 6.54 Å². The van der Waals surface area contributed by atoms with Gasteiger partial charge in [-0.15, -0.1) is 10.2 Å². The average molecular weight is 296 g/mol. The molecule has 3 heterocycles. The number of aryl methyl sites for hydroxylation is 2. The molecule has 0 saturated heterocycles. The monoisotopic (exact) mass is 296 g/mol. The van der Waals surface area contributed by atoms with Crippen molar-refractivity contribution in [2.75, 3.05) is 0 Å². The van der Waals surface area contributed by atoms with Crippen LogP contribution < -0.4 is 5.32 Å². The smallest absolute Gasteiger partial charge is 0.134 e. The van der Waals surface area contributed by atoms with Gasteiger partial charge in [0.2, 0.25) is 0 Å². The molecule has 114 valence electrons. The molecule has 3 aromatic rings. The molecule has 5 nitrogen and oxygen atoms in total. The molecule has 1 aromatic carbocycles. The summed E-state index contributed by atoms with van der Waals surface area (Å²) in [5.41, 5.74) is 0.956. The fraction of sp³-hybridized carbons (Fsp3) is 0.412. The third-order valence-corrected chi connectivity index (χ3v) is 4.38. The van der Waals surface area contributed by atoms with Crippen molar-refractivity contribution < 1.29 is 4.42 Å². The molecular weight excluding hydrogens is 276 g/mol. The minimum atomic E-state index is 0.446. The first kappa shape index (κ1) is 13.5. The molecule has 0 radical (unpaired) electrons. The van der Waals surface area contributed by atoms with E-state index in [4.69, 9.17) is 4.42 Å². The van der Waals surface area contributed by atoms with E-state index in [9.17, 15) is 0 Å². The van der Waals surface area contributed by atoms with E-state index in [-0.39, 0.29) is 0 Å². The highest BCUT2D eigenvalue weighted by atomic mass is 16.3. The Morgan fingerprint density at radius 2 is 2.23 bits per heavy atom. The maximum Gasteiger partial charge on any atom is 0.134 e. The van der Waals surface area contributed by atoms with Crippen LogP contribution in [0, 0.1) is 0 Å². The molecule has 0 fully saturated rings. The van der Waals surface area contributed by atoms with Crippen molar-refractivity contribution in [2.45, 2.75) is 45.3 Å². The third kappa shape index (κ3) is 2.41. The van der Waals surface area contributed by atoms with Gasteiger partial charge in [-0.25, -0.2) is 0 Å². The first-order valence-corrected chi connectivity index (χ1v) is 7.95. The first-order chi connectivity index (χ1) is 10.8. The van der Waals surface area contributed by atoms with Gasteiger partial charge in [-0.2, -0.15) is 0 Å². The lowest BCUT2D eigenvalue weighted by Gasteiger charge is -2.25. The van der Waals surface area contributed by atoms with Crippen LogP contribution in [0.2, 0.25) is 0 Å². The Morgan fingerprint density at radius 1 is 1.32 bits per heavy atom. The fourth-order valence-electron chi connectivity index (χ4n) is 3.18. The van der Waals surface area contributed by atoms with Crippen molar-refractivity contribution in [3.8, 4) is 0 Å². The number of nitrogens with zero attached hydrogens (tertiary/aromatic N) is 3. The number of hydrogen-bond donors (Lipinski definition) is 1. The number of hydrogen-bond acceptors (Lipinski definition) is 4. The lowest BCUT2D eigenvalue weighted by Crippen LogP contribution is -2.37. The van der Waals surface area contributed by atoms with Crippen molar-refractivity contribution in [3.63, 3.8) is 0 Å². The zero-order valence-electron chi connectivity index (χ0n) is 12.7.